The fraction of sp³-hybridized carbons (Fsp3) is 0.167. The normalized spacial score (nSPS) is 13.6. The zero-order valence-electron chi connectivity index (χ0n) is 9.43. The van der Waals surface area contributed by atoms with Gasteiger partial charge in [-0.15, -0.1) is 11.8 Å². The lowest BCUT2D eigenvalue weighted by molar-refractivity contribution is 0.100. The summed E-state index contributed by atoms with van der Waals surface area (Å²) < 4.78 is 0. The smallest absolute Gasteiger partial charge is 0.280 e. The number of carbonyl (C=O) groups is 1. The molecule has 0 radical (unpaired) electrons. The Morgan fingerprint density at radius 3 is 2.88 bits per heavy atom. The second-order valence-electron chi connectivity index (χ2n) is 3.75. The van der Waals surface area contributed by atoms with E-state index in [1.165, 1.54) is 11.1 Å². The van der Waals surface area contributed by atoms with Gasteiger partial charge in [-0.3, -0.25) is 4.79 Å². The van der Waals surface area contributed by atoms with Crippen LogP contribution in [0, 0.1) is 0 Å². The van der Waals surface area contributed by atoms with Crippen molar-refractivity contribution in [3.63, 3.8) is 0 Å². The summed E-state index contributed by atoms with van der Waals surface area (Å²) in [7, 11) is 0. The fourth-order valence-electron chi connectivity index (χ4n) is 1.65. The average Bonchev–Trinajstić information content (AvgIpc) is 2.28. The highest BCUT2D eigenvalue weighted by atomic mass is 32.2. The number of aliphatic imine (C=N–C) groups is 1. The van der Waals surface area contributed by atoms with Crippen LogP contribution in [0.5, 0.6) is 0 Å². The minimum Gasteiger partial charge on any atom is -0.370 e. The average molecular weight is 247 g/mol. The van der Waals surface area contributed by atoms with E-state index in [9.17, 15) is 4.79 Å². The number of hydrogen-bond acceptors (Lipinski definition) is 2. The number of amides is 1. The lowest BCUT2D eigenvalue weighted by atomic mass is 10.0. The molecule has 17 heavy (non-hydrogen) atoms. The maximum Gasteiger partial charge on any atom is 0.280 e. The maximum absolute atomic E-state index is 11.7. The van der Waals surface area contributed by atoms with Crippen molar-refractivity contribution in [1.82, 2.24) is 0 Å². The predicted molar refractivity (Wildman–Crippen MR) is 71.0 cm³/mol. The minimum absolute atomic E-state index is 0.212. The summed E-state index contributed by atoms with van der Waals surface area (Å²) in [6.45, 7) is 2.07. The molecule has 0 saturated heterocycles. The Morgan fingerprint density at radius 1 is 1.41 bits per heavy atom. The summed E-state index contributed by atoms with van der Waals surface area (Å²) in [6, 6.07) is 5.52. The van der Waals surface area contributed by atoms with Crippen LogP contribution in [0.15, 0.2) is 34.2 Å². The van der Waals surface area contributed by atoms with Gasteiger partial charge in [0.15, 0.2) is 5.96 Å². The Bertz CT molecular complexity index is 531. The van der Waals surface area contributed by atoms with E-state index < -0.39 is 5.91 Å². The summed E-state index contributed by atoms with van der Waals surface area (Å²) in [5.41, 5.74) is 13.3. The Labute approximate surface area is 104 Å². The van der Waals surface area contributed by atoms with Crippen molar-refractivity contribution in [1.29, 1.82) is 0 Å². The van der Waals surface area contributed by atoms with Gasteiger partial charge in [-0.25, -0.2) is 0 Å². The van der Waals surface area contributed by atoms with Crippen molar-refractivity contribution in [3.8, 4) is 0 Å². The van der Waals surface area contributed by atoms with E-state index in [4.69, 9.17) is 11.5 Å². The van der Waals surface area contributed by atoms with Gasteiger partial charge in [-0.1, -0.05) is 12.1 Å². The van der Waals surface area contributed by atoms with E-state index in [-0.39, 0.29) is 5.96 Å². The number of benzene rings is 1. The Morgan fingerprint density at radius 2 is 2.18 bits per heavy atom. The first-order valence-electron chi connectivity index (χ1n) is 5.16. The van der Waals surface area contributed by atoms with Crippen LogP contribution in [0.3, 0.4) is 0 Å². The van der Waals surface area contributed by atoms with Crippen molar-refractivity contribution in [2.75, 3.05) is 5.75 Å². The lowest BCUT2D eigenvalue weighted by Gasteiger charge is -2.14. The second-order valence-corrected chi connectivity index (χ2v) is 4.81. The molecular weight excluding hydrogens is 234 g/mol. The molecule has 1 heterocycles. The Kier molecular flexibility index (Phi) is 3.19. The van der Waals surface area contributed by atoms with Crippen LogP contribution in [0.2, 0.25) is 0 Å². The number of nitrogens with zero attached hydrogens (tertiary/aromatic N) is 1. The van der Waals surface area contributed by atoms with E-state index in [0.29, 0.717) is 5.56 Å². The summed E-state index contributed by atoms with van der Waals surface area (Å²) in [4.78, 5) is 16.3. The number of guanidine groups is 1. The van der Waals surface area contributed by atoms with Crippen LogP contribution in [0.1, 0.15) is 22.8 Å². The molecule has 2 rings (SSSR count). The number of fused-ring (bicyclic) bond motifs is 1. The van der Waals surface area contributed by atoms with E-state index >= 15 is 0 Å². The number of nitrogens with two attached hydrogens (primary N) is 2. The van der Waals surface area contributed by atoms with E-state index in [1.807, 2.05) is 12.1 Å². The van der Waals surface area contributed by atoms with Crippen LogP contribution >= 0.6 is 11.8 Å². The van der Waals surface area contributed by atoms with Gasteiger partial charge in [0.25, 0.3) is 5.91 Å². The molecule has 1 aliphatic heterocycles. The number of thioether (sulfide) groups is 1. The first-order valence-corrected chi connectivity index (χ1v) is 6.14. The molecule has 1 aliphatic rings. The van der Waals surface area contributed by atoms with E-state index in [1.54, 1.807) is 17.8 Å². The SMILES string of the molecule is CC1=CCSc2cc(C(=O)N=C(N)N)ccc21. The van der Waals surface area contributed by atoms with Crippen molar-refractivity contribution >= 4 is 29.2 Å². The Balaban J connectivity index is 2.38. The van der Waals surface area contributed by atoms with Gasteiger partial charge < -0.3 is 11.5 Å². The molecule has 1 aromatic rings. The quantitative estimate of drug-likeness (QED) is 0.583. The van der Waals surface area contributed by atoms with Crippen molar-refractivity contribution < 1.29 is 4.79 Å². The molecule has 88 valence electrons. The highest BCUT2D eigenvalue weighted by Crippen LogP contribution is 2.33. The molecule has 4 nitrogen and oxygen atoms in total. The molecule has 1 aromatic carbocycles. The molecule has 0 bridgehead atoms. The molecule has 0 spiro atoms. The van der Waals surface area contributed by atoms with Crippen LogP contribution in [0.25, 0.3) is 5.57 Å². The van der Waals surface area contributed by atoms with Crippen LogP contribution < -0.4 is 11.5 Å². The van der Waals surface area contributed by atoms with Gasteiger partial charge in [0, 0.05) is 16.2 Å². The molecule has 0 saturated carbocycles. The first kappa shape index (κ1) is 11.7. The zero-order valence-corrected chi connectivity index (χ0v) is 10.3. The molecule has 0 fully saturated rings. The molecule has 4 N–H and O–H groups in total. The third-order valence-electron chi connectivity index (χ3n) is 2.51. The molecule has 0 unspecified atom stereocenters. The second kappa shape index (κ2) is 4.63. The molecule has 0 aliphatic carbocycles. The lowest BCUT2D eigenvalue weighted by Crippen LogP contribution is -2.24. The number of rotatable bonds is 1. The summed E-state index contributed by atoms with van der Waals surface area (Å²) in [6.07, 6.45) is 2.17. The number of carbonyl (C=O) groups excluding carboxylic acids is 1. The summed E-state index contributed by atoms with van der Waals surface area (Å²) in [5, 5.41) is 0. The molecule has 0 atom stereocenters. The third kappa shape index (κ3) is 2.50. The standard InChI is InChI=1S/C12H13N3OS/c1-7-4-5-17-10-6-8(2-3-9(7)10)11(16)15-12(13)14/h2-4,6H,5H2,1H3,(H4,13,14,15,16). The van der Waals surface area contributed by atoms with Gasteiger partial charge >= 0.3 is 0 Å². The molecule has 1 amide bonds. The van der Waals surface area contributed by atoms with E-state index in [0.717, 1.165) is 10.6 Å². The molecular formula is C12H13N3OS. The van der Waals surface area contributed by atoms with Crippen molar-refractivity contribution in [2.24, 2.45) is 16.5 Å². The van der Waals surface area contributed by atoms with Gasteiger partial charge in [-0.2, -0.15) is 4.99 Å². The number of allylic oxidation sites excluding steroid dienone is 1. The van der Waals surface area contributed by atoms with Crippen molar-refractivity contribution in [2.45, 2.75) is 11.8 Å². The molecule has 0 aromatic heterocycles. The van der Waals surface area contributed by atoms with E-state index in [2.05, 4.69) is 18.0 Å². The monoisotopic (exact) mass is 247 g/mol. The highest BCUT2D eigenvalue weighted by Gasteiger charge is 2.13. The Hall–Kier alpha value is -1.75. The molecule has 5 heteroatoms. The zero-order chi connectivity index (χ0) is 12.4. The first-order chi connectivity index (χ1) is 8.08. The topological polar surface area (TPSA) is 81.5 Å². The summed E-state index contributed by atoms with van der Waals surface area (Å²) >= 11 is 1.70. The largest absolute Gasteiger partial charge is 0.370 e. The summed E-state index contributed by atoms with van der Waals surface area (Å²) in [5.74, 6) is 0.316. The van der Waals surface area contributed by atoms with Crippen LogP contribution in [0.4, 0.5) is 0 Å². The fourth-order valence-corrected chi connectivity index (χ4v) is 2.76. The predicted octanol–water partition coefficient (Wildman–Crippen LogP) is 1.61. The van der Waals surface area contributed by atoms with Crippen LogP contribution in [-0.2, 0) is 0 Å². The van der Waals surface area contributed by atoms with Gasteiger partial charge in [0.05, 0.1) is 0 Å². The van der Waals surface area contributed by atoms with Crippen LogP contribution in [-0.4, -0.2) is 17.6 Å². The van der Waals surface area contributed by atoms with Gasteiger partial charge in [0.2, 0.25) is 0 Å². The maximum atomic E-state index is 11.7. The van der Waals surface area contributed by atoms with Crippen molar-refractivity contribution in [3.05, 3.63) is 35.4 Å². The third-order valence-corrected chi connectivity index (χ3v) is 3.49. The minimum atomic E-state index is -0.402. The highest BCUT2D eigenvalue weighted by molar-refractivity contribution is 7.99. The van der Waals surface area contributed by atoms with Gasteiger partial charge in [0.1, 0.15) is 0 Å². The van der Waals surface area contributed by atoms with Gasteiger partial charge in [-0.05, 0) is 30.2 Å². The number of hydrogen-bond donors (Lipinski definition) is 2.